The first-order valence-corrected chi connectivity index (χ1v) is 9.04. The van der Waals surface area contributed by atoms with Gasteiger partial charge < -0.3 is 5.11 Å². The number of rotatable bonds is 4. The molecule has 122 valence electrons. The molecule has 2 aromatic rings. The number of carboxylic acids is 1. The molecule has 1 heterocycles. The van der Waals surface area contributed by atoms with Gasteiger partial charge in [-0.2, -0.15) is 0 Å². The molecule has 0 saturated heterocycles. The zero-order valence-corrected chi connectivity index (χ0v) is 13.3. The van der Waals surface area contributed by atoms with Gasteiger partial charge in [-0.15, -0.1) is 0 Å². The van der Waals surface area contributed by atoms with Gasteiger partial charge in [0.1, 0.15) is 4.90 Å². The van der Waals surface area contributed by atoms with Crippen LogP contribution in [0.4, 0.5) is 0 Å². The maximum absolute atomic E-state index is 12.7. The number of pyridine rings is 1. The van der Waals surface area contributed by atoms with Crippen molar-refractivity contribution in [3.63, 3.8) is 0 Å². The van der Waals surface area contributed by atoms with Crippen LogP contribution in [-0.4, -0.2) is 30.5 Å². The number of nitrogens with zero attached hydrogens (tertiary/aromatic N) is 1. The van der Waals surface area contributed by atoms with Crippen LogP contribution in [0.5, 0.6) is 0 Å². The monoisotopic (exact) mass is 334 g/mol. The van der Waals surface area contributed by atoms with E-state index >= 15 is 0 Å². The molecule has 0 bridgehead atoms. The summed E-state index contributed by atoms with van der Waals surface area (Å²) in [4.78, 5) is 15.3. The van der Waals surface area contributed by atoms with Gasteiger partial charge in [0.05, 0.1) is 11.4 Å². The Morgan fingerprint density at radius 1 is 1.13 bits per heavy atom. The van der Waals surface area contributed by atoms with Crippen LogP contribution in [0, 0.1) is 5.92 Å². The van der Waals surface area contributed by atoms with Crippen molar-refractivity contribution in [2.75, 3.05) is 0 Å². The first kappa shape index (κ1) is 15.9. The summed E-state index contributed by atoms with van der Waals surface area (Å²) >= 11 is 0. The molecule has 0 atom stereocenters. The Balaban J connectivity index is 1.81. The van der Waals surface area contributed by atoms with Crippen LogP contribution < -0.4 is 4.72 Å². The molecule has 1 aromatic carbocycles. The maximum atomic E-state index is 12.7. The van der Waals surface area contributed by atoms with Crippen molar-refractivity contribution in [1.82, 2.24) is 9.71 Å². The predicted molar refractivity (Wildman–Crippen MR) is 85.4 cm³/mol. The number of sulfonamides is 1. The van der Waals surface area contributed by atoms with Crippen LogP contribution in [0.25, 0.3) is 10.9 Å². The van der Waals surface area contributed by atoms with E-state index in [1.54, 1.807) is 24.4 Å². The highest BCUT2D eigenvalue weighted by Gasteiger charge is 2.29. The van der Waals surface area contributed by atoms with Crippen LogP contribution in [0.1, 0.15) is 25.7 Å². The molecule has 1 fully saturated rings. The number of aromatic nitrogens is 1. The highest BCUT2D eigenvalue weighted by molar-refractivity contribution is 7.89. The number of hydrogen-bond donors (Lipinski definition) is 2. The van der Waals surface area contributed by atoms with Crippen molar-refractivity contribution in [3.8, 4) is 0 Å². The zero-order chi connectivity index (χ0) is 16.4. The highest BCUT2D eigenvalue weighted by atomic mass is 32.2. The average molecular weight is 334 g/mol. The summed E-state index contributed by atoms with van der Waals surface area (Å²) < 4.78 is 28.0. The predicted octanol–water partition coefficient (Wildman–Crippen LogP) is 2.16. The molecule has 1 aromatic heterocycles. The van der Waals surface area contributed by atoms with Crippen molar-refractivity contribution >= 4 is 26.9 Å². The fourth-order valence-electron chi connectivity index (χ4n) is 3.03. The van der Waals surface area contributed by atoms with E-state index in [9.17, 15) is 13.2 Å². The van der Waals surface area contributed by atoms with E-state index in [1.165, 1.54) is 0 Å². The fraction of sp³-hybridized carbons (Fsp3) is 0.375. The first-order valence-electron chi connectivity index (χ1n) is 7.56. The lowest BCUT2D eigenvalue weighted by molar-refractivity contribution is -0.142. The van der Waals surface area contributed by atoms with E-state index in [0.29, 0.717) is 31.2 Å². The van der Waals surface area contributed by atoms with Crippen molar-refractivity contribution in [2.24, 2.45) is 5.92 Å². The van der Waals surface area contributed by atoms with E-state index in [-0.39, 0.29) is 16.9 Å². The zero-order valence-electron chi connectivity index (χ0n) is 12.5. The summed E-state index contributed by atoms with van der Waals surface area (Å²) in [6, 6.07) is 8.41. The smallest absolute Gasteiger partial charge is 0.306 e. The van der Waals surface area contributed by atoms with Crippen molar-refractivity contribution < 1.29 is 18.3 Å². The molecular formula is C16H18N2O4S. The van der Waals surface area contributed by atoms with Crippen molar-refractivity contribution in [3.05, 3.63) is 36.5 Å². The minimum Gasteiger partial charge on any atom is -0.481 e. The van der Waals surface area contributed by atoms with Gasteiger partial charge in [0.2, 0.25) is 10.0 Å². The van der Waals surface area contributed by atoms with E-state index in [1.807, 2.05) is 12.1 Å². The van der Waals surface area contributed by atoms with E-state index in [0.717, 1.165) is 5.39 Å². The third-order valence-corrected chi connectivity index (χ3v) is 5.84. The summed E-state index contributed by atoms with van der Waals surface area (Å²) in [5.74, 6) is -1.17. The van der Waals surface area contributed by atoms with Crippen molar-refractivity contribution in [2.45, 2.75) is 36.6 Å². The Bertz CT molecular complexity index is 822. The number of nitrogens with one attached hydrogen (secondary N) is 1. The Morgan fingerprint density at radius 3 is 2.52 bits per heavy atom. The third-order valence-electron chi connectivity index (χ3n) is 4.28. The molecule has 0 amide bonds. The molecule has 0 aliphatic heterocycles. The Labute approximate surface area is 134 Å². The van der Waals surface area contributed by atoms with Gasteiger partial charge in [-0.05, 0) is 37.8 Å². The van der Waals surface area contributed by atoms with Crippen LogP contribution >= 0.6 is 0 Å². The molecule has 1 aliphatic carbocycles. The SMILES string of the molecule is O=C(O)C1CCC(NS(=O)(=O)c2cccc3cccnc23)CC1. The lowest BCUT2D eigenvalue weighted by atomic mass is 9.87. The van der Waals surface area contributed by atoms with Crippen LogP contribution in [0.3, 0.4) is 0 Å². The quantitative estimate of drug-likeness (QED) is 0.893. The van der Waals surface area contributed by atoms with Gasteiger partial charge >= 0.3 is 5.97 Å². The highest BCUT2D eigenvalue weighted by Crippen LogP contribution is 2.27. The summed E-state index contributed by atoms with van der Waals surface area (Å²) in [6.45, 7) is 0. The fourth-order valence-corrected chi connectivity index (χ4v) is 4.52. The minimum atomic E-state index is -3.68. The second-order valence-corrected chi connectivity index (χ2v) is 7.52. The number of carbonyl (C=O) groups is 1. The molecule has 0 spiro atoms. The molecule has 7 heteroatoms. The normalized spacial score (nSPS) is 22.1. The number of benzene rings is 1. The Kier molecular flexibility index (Phi) is 4.32. The van der Waals surface area contributed by atoms with Gasteiger partial charge in [0.25, 0.3) is 0 Å². The molecule has 1 saturated carbocycles. The summed E-state index contributed by atoms with van der Waals surface area (Å²) in [6.07, 6.45) is 3.63. The standard InChI is InChI=1S/C16H18N2O4S/c19-16(20)12-6-8-13(9-7-12)18-23(21,22)14-5-1-3-11-4-2-10-17-15(11)14/h1-5,10,12-13,18H,6-9H2,(H,19,20). The van der Waals surface area contributed by atoms with Crippen LogP contribution in [0.15, 0.2) is 41.4 Å². The topological polar surface area (TPSA) is 96.4 Å². The molecule has 2 N–H and O–H groups in total. The second-order valence-electron chi connectivity index (χ2n) is 5.84. The molecule has 0 radical (unpaired) electrons. The van der Waals surface area contributed by atoms with E-state index in [2.05, 4.69) is 9.71 Å². The lowest BCUT2D eigenvalue weighted by Gasteiger charge is -2.26. The van der Waals surface area contributed by atoms with Gasteiger partial charge in [-0.3, -0.25) is 9.78 Å². The van der Waals surface area contributed by atoms with Gasteiger partial charge in [-0.25, -0.2) is 13.1 Å². The Hall–Kier alpha value is -1.99. The molecule has 23 heavy (non-hydrogen) atoms. The summed E-state index contributed by atoms with van der Waals surface area (Å²) in [7, 11) is -3.68. The largest absolute Gasteiger partial charge is 0.481 e. The summed E-state index contributed by atoms with van der Waals surface area (Å²) in [5.41, 5.74) is 0.446. The van der Waals surface area contributed by atoms with Crippen LogP contribution in [0.2, 0.25) is 0 Å². The Morgan fingerprint density at radius 2 is 1.83 bits per heavy atom. The number of fused-ring (bicyclic) bond motifs is 1. The summed E-state index contributed by atoms with van der Waals surface area (Å²) in [5, 5.41) is 9.78. The molecule has 0 unspecified atom stereocenters. The average Bonchev–Trinajstić information content (AvgIpc) is 2.54. The van der Waals surface area contributed by atoms with Gasteiger partial charge in [-0.1, -0.05) is 18.2 Å². The number of para-hydroxylation sites is 1. The van der Waals surface area contributed by atoms with E-state index < -0.39 is 16.0 Å². The molecule has 3 rings (SSSR count). The first-order chi connectivity index (χ1) is 11.0. The molecular weight excluding hydrogens is 316 g/mol. The van der Waals surface area contributed by atoms with Gasteiger partial charge in [0.15, 0.2) is 0 Å². The number of aliphatic carboxylic acids is 1. The van der Waals surface area contributed by atoms with E-state index in [4.69, 9.17) is 5.11 Å². The number of hydrogen-bond acceptors (Lipinski definition) is 4. The maximum Gasteiger partial charge on any atom is 0.306 e. The lowest BCUT2D eigenvalue weighted by Crippen LogP contribution is -2.38. The molecule has 6 nitrogen and oxygen atoms in total. The minimum absolute atomic E-state index is 0.163. The number of carboxylic acid groups (broad SMARTS) is 1. The van der Waals surface area contributed by atoms with Crippen LogP contribution in [-0.2, 0) is 14.8 Å². The third kappa shape index (κ3) is 3.35. The van der Waals surface area contributed by atoms with Gasteiger partial charge in [0, 0.05) is 17.6 Å². The second kappa shape index (κ2) is 6.25. The molecule has 1 aliphatic rings. The van der Waals surface area contributed by atoms with Crippen molar-refractivity contribution in [1.29, 1.82) is 0 Å².